The molecule has 0 N–H and O–H groups in total. The molecule has 1 heteroatoms. The van der Waals surface area contributed by atoms with Crippen LogP contribution in [0.15, 0.2) is 0 Å². The fourth-order valence-corrected chi connectivity index (χ4v) is 0. The van der Waals surface area contributed by atoms with Crippen molar-refractivity contribution >= 4 is 0 Å². The molecule has 0 spiro atoms. The molecule has 0 rings (SSSR count). The van der Waals surface area contributed by atoms with Gasteiger partial charge in [0, 0.05) is 7.11 Å². The lowest BCUT2D eigenvalue weighted by Gasteiger charge is -1.94. The van der Waals surface area contributed by atoms with E-state index >= 15 is 0 Å². The van der Waals surface area contributed by atoms with Crippen molar-refractivity contribution in [2.45, 2.75) is 75.3 Å². The Kier molecular flexibility index (Phi) is 31.6. The van der Waals surface area contributed by atoms with Crippen molar-refractivity contribution in [2.75, 3.05) is 7.11 Å². The fraction of sp³-hybridized carbons (Fsp3) is 1.00. The summed E-state index contributed by atoms with van der Waals surface area (Å²) in [5.41, 5.74) is 0. The molecule has 0 saturated carbocycles. The Morgan fingerprint density at radius 2 is 1.00 bits per heavy atom. The molecule has 0 aromatic rings. The largest absolute Gasteiger partial charge is 0.382 e. The number of methoxy groups -OCH3 is 1. The van der Waals surface area contributed by atoms with Crippen LogP contribution in [-0.2, 0) is 4.74 Å². The van der Waals surface area contributed by atoms with Gasteiger partial charge in [0.05, 0.1) is 6.10 Å². The third-order valence-electron chi connectivity index (χ3n) is 1.29. The Bertz CT molecular complexity index is 64.7. The molecule has 0 saturated heterocycles. The number of rotatable bonds is 2. The smallest absolute Gasteiger partial charge is 0.0515 e. The van der Waals surface area contributed by atoms with Gasteiger partial charge in [-0.3, -0.25) is 0 Å². The third-order valence-corrected chi connectivity index (χ3v) is 1.29. The minimum absolute atomic E-state index is 0. The van der Waals surface area contributed by atoms with Crippen molar-refractivity contribution in [1.29, 1.82) is 0 Å². The molecule has 0 aliphatic heterocycles. The lowest BCUT2D eigenvalue weighted by molar-refractivity contribution is 0.134. The second kappa shape index (κ2) is 19.5. The van der Waals surface area contributed by atoms with Crippen LogP contribution in [0.25, 0.3) is 0 Å². The molecule has 0 unspecified atom stereocenters. The van der Waals surface area contributed by atoms with Gasteiger partial charge in [-0.1, -0.05) is 55.4 Å². The van der Waals surface area contributed by atoms with Crippen molar-refractivity contribution < 1.29 is 4.74 Å². The summed E-state index contributed by atoms with van der Waals surface area (Å²) in [5, 5.41) is 0. The number of ether oxygens (including phenoxy) is 1. The van der Waals surface area contributed by atoms with E-state index in [1.54, 1.807) is 7.11 Å². The minimum Gasteiger partial charge on any atom is -0.382 e. The molecular formula is C14H36O. The Hall–Kier alpha value is -0.0400. The van der Waals surface area contributed by atoms with Crippen LogP contribution in [0.3, 0.4) is 0 Å². The summed E-state index contributed by atoms with van der Waals surface area (Å²) < 4.78 is 4.75. The van der Waals surface area contributed by atoms with Crippen LogP contribution in [-0.4, -0.2) is 13.2 Å². The van der Waals surface area contributed by atoms with Gasteiger partial charge in [-0.15, -0.1) is 0 Å². The van der Waals surface area contributed by atoms with Crippen molar-refractivity contribution in [2.24, 2.45) is 11.8 Å². The molecule has 1 nitrogen and oxygen atoms in total. The van der Waals surface area contributed by atoms with Gasteiger partial charge in [0.25, 0.3) is 0 Å². The Labute approximate surface area is 99.6 Å². The maximum absolute atomic E-state index is 4.75. The van der Waals surface area contributed by atoms with E-state index in [9.17, 15) is 0 Å². The van der Waals surface area contributed by atoms with Gasteiger partial charge >= 0.3 is 0 Å². The van der Waals surface area contributed by atoms with Gasteiger partial charge in [0.1, 0.15) is 0 Å². The minimum atomic E-state index is 0. The normalized spacial score (nSPS) is 8.80. The first-order chi connectivity index (χ1) is 6.27. The van der Waals surface area contributed by atoms with Gasteiger partial charge in [-0.25, -0.2) is 0 Å². The maximum atomic E-state index is 4.75. The zero-order valence-corrected chi connectivity index (χ0v) is 11.8. The molecule has 0 amide bonds. The highest BCUT2D eigenvalue weighted by atomic mass is 16.5. The molecule has 0 radical (unpaired) electrons. The van der Waals surface area contributed by atoms with Gasteiger partial charge in [0.2, 0.25) is 0 Å². The topological polar surface area (TPSA) is 9.23 Å². The predicted molar refractivity (Wildman–Crippen MR) is 74.5 cm³/mol. The molecule has 0 aliphatic carbocycles. The molecule has 0 fully saturated rings. The highest BCUT2D eigenvalue weighted by molar-refractivity contribution is 4.32. The van der Waals surface area contributed by atoms with Crippen LogP contribution < -0.4 is 0 Å². The molecule has 0 atom stereocenters. The number of hydrogen-bond donors (Lipinski definition) is 0. The summed E-state index contributed by atoms with van der Waals surface area (Å²) >= 11 is 0. The van der Waals surface area contributed by atoms with Crippen LogP contribution in [0.1, 0.15) is 69.2 Å². The summed E-state index contributed by atoms with van der Waals surface area (Å²) in [6, 6.07) is 0. The van der Waals surface area contributed by atoms with E-state index in [1.807, 2.05) is 13.8 Å². The molecule has 15 heavy (non-hydrogen) atoms. The lowest BCUT2D eigenvalue weighted by Crippen LogP contribution is -1.94. The van der Waals surface area contributed by atoms with E-state index in [0.717, 1.165) is 11.8 Å². The van der Waals surface area contributed by atoms with Gasteiger partial charge in [-0.05, 0) is 25.7 Å². The van der Waals surface area contributed by atoms with Gasteiger partial charge < -0.3 is 4.74 Å². The summed E-state index contributed by atoms with van der Waals surface area (Å²) in [4.78, 5) is 0. The molecule has 0 aromatic carbocycles. The average molecular weight is 220 g/mol. The van der Waals surface area contributed by atoms with Crippen LogP contribution >= 0.6 is 0 Å². The Morgan fingerprint density at radius 1 is 0.867 bits per heavy atom. The first kappa shape index (κ1) is 24.3. The van der Waals surface area contributed by atoms with Crippen LogP contribution in [0, 0.1) is 11.8 Å². The summed E-state index contributed by atoms with van der Waals surface area (Å²) in [6.07, 6.45) is 1.69. The zero-order chi connectivity index (χ0) is 12.1. The van der Waals surface area contributed by atoms with Crippen molar-refractivity contribution in [3.8, 4) is 0 Å². The van der Waals surface area contributed by atoms with E-state index in [-0.39, 0.29) is 7.43 Å². The second-order valence-electron chi connectivity index (χ2n) is 4.82. The summed E-state index contributed by atoms with van der Waals surface area (Å²) in [5.74, 6) is 1.72. The fourth-order valence-electron chi connectivity index (χ4n) is 0. The zero-order valence-electron chi connectivity index (χ0n) is 11.8. The molecule has 0 aromatic heterocycles. The van der Waals surface area contributed by atoms with Crippen molar-refractivity contribution in [3.63, 3.8) is 0 Å². The first-order valence-electron chi connectivity index (χ1n) is 5.80. The van der Waals surface area contributed by atoms with Crippen molar-refractivity contribution in [1.82, 2.24) is 0 Å². The molecule has 0 heterocycles. The highest BCUT2D eigenvalue weighted by Crippen LogP contribution is 1.93. The number of hydrogen-bond acceptors (Lipinski definition) is 1. The van der Waals surface area contributed by atoms with E-state index in [0.29, 0.717) is 6.10 Å². The lowest BCUT2D eigenvalue weighted by atomic mass is 10.2. The maximum Gasteiger partial charge on any atom is 0.0515 e. The molecule has 0 bridgehead atoms. The van der Waals surface area contributed by atoms with E-state index in [2.05, 4.69) is 41.5 Å². The molecule has 98 valence electrons. The van der Waals surface area contributed by atoms with Gasteiger partial charge in [-0.2, -0.15) is 0 Å². The third kappa shape index (κ3) is 127. The van der Waals surface area contributed by atoms with E-state index < -0.39 is 0 Å². The Balaban J connectivity index is -0.0000000590. The van der Waals surface area contributed by atoms with Crippen LogP contribution in [0.5, 0.6) is 0 Å². The van der Waals surface area contributed by atoms with E-state index in [4.69, 9.17) is 4.74 Å². The van der Waals surface area contributed by atoms with Gasteiger partial charge in [0.15, 0.2) is 0 Å². The Morgan fingerprint density at radius 3 is 1.00 bits per heavy atom. The quantitative estimate of drug-likeness (QED) is 0.606. The monoisotopic (exact) mass is 220 g/mol. The second-order valence-corrected chi connectivity index (χ2v) is 4.82. The molecular weight excluding hydrogens is 184 g/mol. The van der Waals surface area contributed by atoms with E-state index in [1.165, 1.54) is 6.42 Å². The highest BCUT2D eigenvalue weighted by Gasteiger charge is 1.80. The summed E-state index contributed by atoms with van der Waals surface area (Å²) in [7, 11) is 1.70. The predicted octanol–water partition coefficient (Wildman–Crippen LogP) is 5.39. The molecule has 0 aliphatic rings. The van der Waals surface area contributed by atoms with Crippen molar-refractivity contribution in [3.05, 3.63) is 0 Å². The standard InChI is InChI=1S/C5H12.C4H10O.C4H10.CH4/c1-4-5(2)3;1-4(2)5-3;1-4(2)3;/h5H,4H2,1-3H3;4H,1-3H3;4H,1-3H3;1H4. The van der Waals surface area contributed by atoms with Crippen LogP contribution in [0.2, 0.25) is 0 Å². The summed E-state index contributed by atoms with van der Waals surface area (Å²) in [6.45, 7) is 17.1. The SMILES string of the molecule is C.CC(C)C.CCC(C)C.COC(C)C. The first-order valence-corrected chi connectivity index (χ1v) is 5.80. The van der Waals surface area contributed by atoms with Crippen LogP contribution in [0.4, 0.5) is 0 Å². The average Bonchev–Trinajstić information content (AvgIpc) is 2.04.